The van der Waals surface area contributed by atoms with E-state index in [1.807, 2.05) is 24.3 Å². The standard InChI is InChI=1S/C24H28N2O5/c1-16(2)15-30-20-11-9-17(13-21(20)29-4)10-12-23(27)26-14-22(24(28)25-3)31-19-8-6-5-7-18(19)26/h5-13,16,22H,14-15H2,1-4H3,(H,25,28)/b12-10+/t22-/m1/s1. The first-order chi connectivity index (χ1) is 14.9. The Labute approximate surface area is 182 Å². The average molecular weight is 424 g/mol. The first-order valence-corrected chi connectivity index (χ1v) is 10.2. The van der Waals surface area contributed by atoms with E-state index in [0.29, 0.717) is 35.5 Å². The molecular weight excluding hydrogens is 396 g/mol. The van der Waals surface area contributed by atoms with Gasteiger partial charge in [0.25, 0.3) is 11.8 Å². The maximum Gasteiger partial charge on any atom is 0.262 e. The van der Waals surface area contributed by atoms with E-state index >= 15 is 0 Å². The number of fused-ring (bicyclic) bond motifs is 1. The highest BCUT2D eigenvalue weighted by atomic mass is 16.5. The van der Waals surface area contributed by atoms with E-state index in [2.05, 4.69) is 19.2 Å². The number of rotatable bonds is 7. The van der Waals surface area contributed by atoms with Crippen LogP contribution in [0.25, 0.3) is 6.08 Å². The van der Waals surface area contributed by atoms with Crippen LogP contribution in [0.1, 0.15) is 19.4 Å². The fraction of sp³-hybridized carbons (Fsp3) is 0.333. The van der Waals surface area contributed by atoms with Crippen LogP contribution in [-0.4, -0.2) is 45.2 Å². The van der Waals surface area contributed by atoms with E-state index < -0.39 is 6.10 Å². The number of likely N-dealkylation sites (N-methyl/N-ethyl adjacent to an activating group) is 1. The molecular formula is C24H28N2O5. The van der Waals surface area contributed by atoms with Crippen LogP contribution in [0, 0.1) is 5.92 Å². The van der Waals surface area contributed by atoms with Crippen LogP contribution in [0.5, 0.6) is 17.2 Å². The first kappa shape index (κ1) is 22.2. The number of methoxy groups -OCH3 is 1. The van der Waals surface area contributed by atoms with Gasteiger partial charge in [-0.05, 0) is 41.8 Å². The van der Waals surface area contributed by atoms with E-state index in [0.717, 1.165) is 5.56 Å². The molecule has 164 valence electrons. The molecule has 1 atom stereocenters. The summed E-state index contributed by atoms with van der Waals surface area (Å²) < 4.78 is 16.9. The van der Waals surface area contributed by atoms with Gasteiger partial charge in [0.1, 0.15) is 5.75 Å². The molecule has 2 aromatic carbocycles. The summed E-state index contributed by atoms with van der Waals surface area (Å²) in [7, 11) is 3.12. The molecule has 0 bridgehead atoms. The van der Waals surface area contributed by atoms with Gasteiger partial charge in [-0.3, -0.25) is 9.59 Å². The van der Waals surface area contributed by atoms with Crippen molar-refractivity contribution >= 4 is 23.6 Å². The Morgan fingerprint density at radius 1 is 1.23 bits per heavy atom. The van der Waals surface area contributed by atoms with Crippen LogP contribution in [0.3, 0.4) is 0 Å². The molecule has 31 heavy (non-hydrogen) atoms. The summed E-state index contributed by atoms with van der Waals surface area (Å²) in [6.45, 7) is 4.87. The molecule has 7 nitrogen and oxygen atoms in total. The molecule has 0 aromatic heterocycles. The molecule has 0 aliphatic carbocycles. The van der Waals surface area contributed by atoms with Gasteiger partial charge < -0.3 is 24.4 Å². The molecule has 1 heterocycles. The third kappa shape index (κ3) is 5.36. The zero-order valence-corrected chi connectivity index (χ0v) is 18.3. The van der Waals surface area contributed by atoms with Crippen molar-refractivity contribution in [1.82, 2.24) is 5.32 Å². The Hall–Kier alpha value is -3.48. The average Bonchev–Trinajstić information content (AvgIpc) is 2.79. The number of anilines is 1. The summed E-state index contributed by atoms with van der Waals surface area (Å²) >= 11 is 0. The zero-order chi connectivity index (χ0) is 22.4. The van der Waals surface area contributed by atoms with Crippen molar-refractivity contribution in [3.8, 4) is 17.2 Å². The minimum atomic E-state index is -0.769. The summed E-state index contributed by atoms with van der Waals surface area (Å²) in [4.78, 5) is 26.6. The third-order valence-corrected chi connectivity index (χ3v) is 4.76. The second-order valence-corrected chi connectivity index (χ2v) is 7.59. The molecule has 1 aliphatic rings. The largest absolute Gasteiger partial charge is 0.493 e. The maximum atomic E-state index is 13.0. The van der Waals surface area contributed by atoms with Crippen LogP contribution >= 0.6 is 0 Å². The Bertz CT molecular complexity index is 970. The van der Waals surface area contributed by atoms with Crippen molar-refractivity contribution in [1.29, 1.82) is 0 Å². The number of nitrogens with zero attached hydrogens (tertiary/aromatic N) is 1. The molecule has 0 unspecified atom stereocenters. The van der Waals surface area contributed by atoms with Crippen LogP contribution in [0.2, 0.25) is 0 Å². The molecule has 0 saturated heterocycles. The number of para-hydroxylation sites is 2. The number of ether oxygens (including phenoxy) is 3. The fourth-order valence-electron chi connectivity index (χ4n) is 3.16. The highest BCUT2D eigenvalue weighted by molar-refractivity contribution is 6.05. The fourth-order valence-corrected chi connectivity index (χ4v) is 3.16. The lowest BCUT2D eigenvalue weighted by Gasteiger charge is -2.33. The minimum Gasteiger partial charge on any atom is -0.493 e. The van der Waals surface area contributed by atoms with E-state index in [1.165, 1.54) is 6.08 Å². The zero-order valence-electron chi connectivity index (χ0n) is 18.3. The molecule has 7 heteroatoms. The Morgan fingerprint density at radius 2 is 2.00 bits per heavy atom. The van der Waals surface area contributed by atoms with Gasteiger partial charge in [0, 0.05) is 13.1 Å². The van der Waals surface area contributed by atoms with E-state index in [9.17, 15) is 9.59 Å². The first-order valence-electron chi connectivity index (χ1n) is 10.2. The summed E-state index contributed by atoms with van der Waals surface area (Å²) in [5.74, 6) is 1.64. The number of hydrogen-bond donors (Lipinski definition) is 1. The van der Waals surface area contributed by atoms with Crippen molar-refractivity contribution in [3.05, 3.63) is 54.1 Å². The normalized spacial score (nSPS) is 15.4. The molecule has 0 spiro atoms. The SMILES string of the molecule is CNC(=O)[C@H]1CN(C(=O)/C=C/c2ccc(OCC(C)C)c(OC)c2)c2ccccc2O1. The van der Waals surface area contributed by atoms with Gasteiger partial charge in [-0.15, -0.1) is 0 Å². The van der Waals surface area contributed by atoms with Crippen molar-refractivity contribution < 1.29 is 23.8 Å². The molecule has 3 rings (SSSR count). The maximum absolute atomic E-state index is 13.0. The van der Waals surface area contributed by atoms with Gasteiger partial charge in [0.05, 0.1) is 25.9 Å². The summed E-state index contributed by atoms with van der Waals surface area (Å²) in [5, 5.41) is 2.57. The van der Waals surface area contributed by atoms with E-state index in [1.54, 1.807) is 43.3 Å². The third-order valence-electron chi connectivity index (χ3n) is 4.76. The predicted molar refractivity (Wildman–Crippen MR) is 120 cm³/mol. The van der Waals surface area contributed by atoms with Crippen molar-refractivity contribution in [2.75, 3.05) is 32.2 Å². The second-order valence-electron chi connectivity index (χ2n) is 7.59. The van der Waals surface area contributed by atoms with Crippen LogP contribution in [-0.2, 0) is 9.59 Å². The van der Waals surface area contributed by atoms with Crippen molar-refractivity contribution in [2.45, 2.75) is 20.0 Å². The quantitative estimate of drug-likeness (QED) is 0.691. The predicted octanol–water partition coefficient (Wildman–Crippen LogP) is 3.28. The molecule has 0 radical (unpaired) electrons. The summed E-state index contributed by atoms with van der Waals surface area (Å²) in [6.07, 6.45) is 2.42. The number of carbonyl (C=O) groups excluding carboxylic acids is 2. The van der Waals surface area contributed by atoms with Gasteiger partial charge in [-0.25, -0.2) is 0 Å². The van der Waals surface area contributed by atoms with E-state index in [4.69, 9.17) is 14.2 Å². The lowest BCUT2D eigenvalue weighted by Crippen LogP contribution is -2.49. The number of hydrogen-bond acceptors (Lipinski definition) is 5. The molecule has 1 aliphatic heterocycles. The lowest BCUT2D eigenvalue weighted by molar-refractivity contribution is -0.127. The van der Waals surface area contributed by atoms with Crippen LogP contribution in [0.4, 0.5) is 5.69 Å². The Balaban J connectivity index is 1.79. The van der Waals surface area contributed by atoms with Gasteiger partial charge in [-0.1, -0.05) is 32.0 Å². The van der Waals surface area contributed by atoms with Crippen molar-refractivity contribution in [2.24, 2.45) is 5.92 Å². The summed E-state index contributed by atoms with van der Waals surface area (Å²) in [5.41, 5.74) is 1.43. The molecule has 0 saturated carbocycles. The number of amides is 2. The molecule has 1 N–H and O–H groups in total. The van der Waals surface area contributed by atoms with E-state index in [-0.39, 0.29) is 18.4 Å². The van der Waals surface area contributed by atoms with Gasteiger partial charge in [-0.2, -0.15) is 0 Å². The topological polar surface area (TPSA) is 77.1 Å². The Morgan fingerprint density at radius 3 is 2.71 bits per heavy atom. The van der Waals surface area contributed by atoms with Crippen LogP contribution < -0.4 is 24.4 Å². The van der Waals surface area contributed by atoms with Gasteiger partial charge in [0.2, 0.25) is 0 Å². The number of benzene rings is 2. The number of nitrogens with one attached hydrogen (secondary N) is 1. The lowest BCUT2D eigenvalue weighted by atomic mass is 10.1. The van der Waals surface area contributed by atoms with Crippen LogP contribution in [0.15, 0.2) is 48.5 Å². The second kappa shape index (κ2) is 10.0. The number of carbonyl (C=O) groups is 2. The van der Waals surface area contributed by atoms with Crippen molar-refractivity contribution in [3.63, 3.8) is 0 Å². The monoisotopic (exact) mass is 424 g/mol. The van der Waals surface area contributed by atoms with Gasteiger partial charge in [0.15, 0.2) is 17.6 Å². The highest BCUT2D eigenvalue weighted by Crippen LogP contribution is 2.33. The Kier molecular flexibility index (Phi) is 7.18. The van der Waals surface area contributed by atoms with Gasteiger partial charge >= 0.3 is 0 Å². The molecule has 2 amide bonds. The summed E-state index contributed by atoms with van der Waals surface area (Å²) in [6, 6.07) is 12.7. The molecule has 2 aromatic rings. The minimum absolute atomic E-state index is 0.130. The smallest absolute Gasteiger partial charge is 0.262 e. The molecule has 0 fully saturated rings. The highest BCUT2D eigenvalue weighted by Gasteiger charge is 2.32.